The van der Waals surface area contributed by atoms with Crippen molar-refractivity contribution in [3.05, 3.63) is 46.8 Å². The highest BCUT2D eigenvalue weighted by Crippen LogP contribution is 2.25. The van der Waals surface area contributed by atoms with Crippen LogP contribution >= 0.6 is 0 Å². The summed E-state index contributed by atoms with van der Waals surface area (Å²) in [4.78, 5) is 29.2. The molecule has 2 aliphatic rings. The van der Waals surface area contributed by atoms with Crippen molar-refractivity contribution in [2.45, 2.75) is 44.7 Å². The van der Waals surface area contributed by atoms with Gasteiger partial charge in [-0.2, -0.15) is 0 Å². The van der Waals surface area contributed by atoms with E-state index in [4.69, 9.17) is 0 Å². The summed E-state index contributed by atoms with van der Waals surface area (Å²) in [6, 6.07) is 1.81. The largest absolute Gasteiger partial charge is 0.347 e. The molecule has 2 aromatic rings. The summed E-state index contributed by atoms with van der Waals surface area (Å²) >= 11 is 0. The maximum absolute atomic E-state index is 13.8. The number of nitrogens with one attached hydrogen (secondary N) is 2. The summed E-state index contributed by atoms with van der Waals surface area (Å²) in [5.74, 6) is -5.46. The fraction of sp³-hybridized carbons (Fsp3) is 0.389. The van der Waals surface area contributed by atoms with Gasteiger partial charge in [-0.05, 0) is 44.2 Å². The van der Waals surface area contributed by atoms with Gasteiger partial charge in [0.2, 0.25) is 0 Å². The molecule has 1 aliphatic carbocycles. The minimum Gasteiger partial charge on any atom is -0.347 e. The standard InChI is InChI=1S/C18H17F3N4O2/c19-10-6-7-11(14(21)13(10)20)23-17(26)15-12-3-1-2-8-25(12)16(24-15)18(27)22-9-4-5-9/h6-7,9H,1-5,8H2,(H,22,27)(H,23,26). The first kappa shape index (κ1) is 17.6. The molecule has 0 saturated heterocycles. The summed E-state index contributed by atoms with van der Waals surface area (Å²) in [5, 5.41) is 5.06. The van der Waals surface area contributed by atoms with Crippen molar-refractivity contribution >= 4 is 17.5 Å². The molecule has 1 saturated carbocycles. The lowest BCUT2D eigenvalue weighted by Gasteiger charge is -2.17. The molecule has 0 unspecified atom stereocenters. The molecule has 0 atom stereocenters. The van der Waals surface area contributed by atoms with Crippen LogP contribution in [-0.2, 0) is 13.0 Å². The van der Waals surface area contributed by atoms with Crippen LogP contribution in [0.5, 0.6) is 0 Å². The molecule has 2 N–H and O–H groups in total. The van der Waals surface area contributed by atoms with E-state index in [1.54, 1.807) is 4.57 Å². The maximum Gasteiger partial charge on any atom is 0.287 e. The predicted octanol–water partition coefficient (Wildman–Crippen LogP) is 2.78. The summed E-state index contributed by atoms with van der Waals surface area (Å²) in [6.45, 7) is 0.558. The van der Waals surface area contributed by atoms with Gasteiger partial charge in [-0.15, -0.1) is 0 Å². The van der Waals surface area contributed by atoms with Gasteiger partial charge >= 0.3 is 0 Å². The molecule has 1 aliphatic heterocycles. The topological polar surface area (TPSA) is 76.0 Å². The molecule has 1 fully saturated rings. The minimum atomic E-state index is -1.66. The zero-order chi connectivity index (χ0) is 19.1. The van der Waals surface area contributed by atoms with E-state index in [0.717, 1.165) is 37.8 Å². The van der Waals surface area contributed by atoms with Gasteiger partial charge in [-0.1, -0.05) is 0 Å². The Bertz CT molecular complexity index is 937. The number of carbonyl (C=O) groups is 2. The normalized spacial score (nSPS) is 16.0. The smallest absolute Gasteiger partial charge is 0.287 e. The van der Waals surface area contributed by atoms with Crippen LogP contribution in [0.4, 0.5) is 18.9 Å². The Morgan fingerprint density at radius 1 is 1.07 bits per heavy atom. The van der Waals surface area contributed by atoms with Crippen molar-refractivity contribution in [1.29, 1.82) is 0 Å². The van der Waals surface area contributed by atoms with E-state index in [-0.39, 0.29) is 23.5 Å². The molecule has 0 radical (unpaired) electrons. The number of nitrogens with zero attached hydrogens (tertiary/aromatic N) is 2. The van der Waals surface area contributed by atoms with Gasteiger partial charge in [0, 0.05) is 12.6 Å². The molecular formula is C18H17F3N4O2. The highest BCUT2D eigenvalue weighted by atomic mass is 19.2. The van der Waals surface area contributed by atoms with Gasteiger partial charge in [-0.3, -0.25) is 9.59 Å². The van der Waals surface area contributed by atoms with Crippen molar-refractivity contribution in [3.8, 4) is 0 Å². The number of rotatable bonds is 4. The lowest BCUT2D eigenvalue weighted by Crippen LogP contribution is -2.29. The number of benzene rings is 1. The molecule has 142 valence electrons. The average Bonchev–Trinajstić information content (AvgIpc) is 3.38. The lowest BCUT2D eigenvalue weighted by atomic mass is 10.1. The van der Waals surface area contributed by atoms with Crippen LogP contribution in [-0.4, -0.2) is 27.4 Å². The number of imidazole rings is 1. The van der Waals surface area contributed by atoms with Crippen LogP contribution in [0.1, 0.15) is 52.5 Å². The van der Waals surface area contributed by atoms with E-state index in [1.165, 1.54) is 0 Å². The van der Waals surface area contributed by atoms with Crippen LogP contribution in [0, 0.1) is 17.5 Å². The van der Waals surface area contributed by atoms with Crippen molar-refractivity contribution < 1.29 is 22.8 Å². The molecule has 2 amide bonds. The van der Waals surface area contributed by atoms with Crippen LogP contribution < -0.4 is 10.6 Å². The second-order valence-corrected chi connectivity index (χ2v) is 6.76. The van der Waals surface area contributed by atoms with Gasteiger partial charge in [0.05, 0.1) is 11.4 Å². The lowest BCUT2D eigenvalue weighted by molar-refractivity contribution is 0.0935. The van der Waals surface area contributed by atoms with Crippen molar-refractivity contribution in [2.24, 2.45) is 0 Å². The van der Waals surface area contributed by atoms with Gasteiger partial charge in [0.1, 0.15) is 0 Å². The molecule has 2 heterocycles. The molecule has 27 heavy (non-hydrogen) atoms. The van der Waals surface area contributed by atoms with E-state index >= 15 is 0 Å². The van der Waals surface area contributed by atoms with Crippen LogP contribution in [0.3, 0.4) is 0 Å². The number of hydrogen-bond acceptors (Lipinski definition) is 3. The third kappa shape index (κ3) is 3.29. The van der Waals surface area contributed by atoms with Crippen molar-refractivity contribution in [1.82, 2.24) is 14.9 Å². The van der Waals surface area contributed by atoms with E-state index in [9.17, 15) is 22.8 Å². The third-order valence-electron chi connectivity index (χ3n) is 4.73. The summed E-state index contributed by atoms with van der Waals surface area (Å²) in [7, 11) is 0. The number of hydrogen-bond donors (Lipinski definition) is 2. The summed E-state index contributed by atoms with van der Waals surface area (Å²) in [6.07, 6.45) is 4.07. The Morgan fingerprint density at radius 3 is 2.59 bits per heavy atom. The third-order valence-corrected chi connectivity index (χ3v) is 4.73. The Kier molecular flexibility index (Phi) is 4.37. The monoisotopic (exact) mass is 378 g/mol. The molecule has 9 heteroatoms. The number of halogens is 3. The van der Waals surface area contributed by atoms with E-state index in [1.807, 2.05) is 0 Å². The van der Waals surface area contributed by atoms with Crippen molar-refractivity contribution in [3.63, 3.8) is 0 Å². The number of carbonyl (C=O) groups excluding carboxylic acids is 2. The molecule has 1 aromatic heterocycles. The Morgan fingerprint density at radius 2 is 1.85 bits per heavy atom. The van der Waals surface area contributed by atoms with E-state index < -0.39 is 29.0 Å². The highest BCUT2D eigenvalue weighted by molar-refractivity contribution is 6.05. The SMILES string of the molecule is O=C(Nc1ccc(F)c(F)c1F)c1nc(C(=O)NC2CC2)n2c1CCCC2. The Balaban J connectivity index is 1.64. The molecule has 1 aromatic carbocycles. The molecule has 4 rings (SSSR count). The fourth-order valence-corrected chi connectivity index (χ4v) is 3.18. The minimum absolute atomic E-state index is 0.000204. The quantitative estimate of drug-likeness (QED) is 0.804. The van der Waals surface area contributed by atoms with E-state index in [2.05, 4.69) is 15.6 Å². The van der Waals surface area contributed by atoms with Crippen LogP contribution in [0.2, 0.25) is 0 Å². The maximum atomic E-state index is 13.8. The van der Waals surface area contributed by atoms with Crippen molar-refractivity contribution in [2.75, 3.05) is 5.32 Å². The fourth-order valence-electron chi connectivity index (χ4n) is 3.18. The molecule has 0 spiro atoms. The molecular weight excluding hydrogens is 361 g/mol. The van der Waals surface area contributed by atoms with Gasteiger partial charge in [0.15, 0.2) is 29.0 Å². The van der Waals surface area contributed by atoms with Gasteiger partial charge in [-0.25, -0.2) is 18.2 Å². The van der Waals surface area contributed by atoms with E-state index in [0.29, 0.717) is 18.7 Å². The average molecular weight is 378 g/mol. The predicted molar refractivity (Wildman–Crippen MR) is 89.9 cm³/mol. The summed E-state index contributed by atoms with van der Waals surface area (Å²) < 4.78 is 42.0. The van der Waals surface area contributed by atoms with Crippen LogP contribution in [0.25, 0.3) is 0 Å². The second kappa shape index (κ2) is 6.71. The zero-order valence-corrected chi connectivity index (χ0v) is 14.3. The number of aromatic nitrogens is 2. The molecule has 0 bridgehead atoms. The Labute approximate surface area is 152 Å². The Hall–Kier alpha value is -2.84. The summed E-state index contributed by atoms with van der Waals surface area (Å²) in [5.41, 5.74) is 0.0999. The molecule has 6 nitrogen and oxygen atoms in total. The first-order valence-electron chi connectivity index (χ1n) is 8.81. The van der Waals surface area contributed by atoms with Gasteiger partial charge < -0.3 is 15.2 Å². The highest BCUT2D eigenvalue weighted by Gasteiger charge is 2.31. The number of fused-ring (bicyclic) bond motifs is 1. The first-order valence-corrected chi connectivity index (χ1v) is 8.81. The first-order chi connectivity index (χ1) is 13.0. The number of amides is 2. The second-order valence-electron chi connectivity index (χ2n) is 6.76. The zero-order valence-electron chi connectivity index (χ0n) is 14.3. The number of anilines is 1. The van der Waals surface area contributed by atoms with Crippen LogP contribution in [0.15, 0.2) is 12.1 Å². The van der Waals surface area contributed by atoms with Gasteiger partial charge in [0.25, 0.3) is 11.8 Å².